The summed E-state index contributed by atoms with van der Waals surface area (Å²) in [6.45, 7) is 5.37. The molecule has 0 unspecified atom stereocenters. The van der Waals surface area contributed by atoms with Crippen molar-refractivity contribution >= 4 is 39.8 Å². The van der Waals surface area contributed by atoms with Gasteiger partial charge in [-0.15, -0.1) is 11.3 Å². The molecule has 5 heterocycles. The summed E-state index contributed by atoms with van der Waals surface area (Å²) in [6, 6.07) is 12.9. The second-order valence-electron chi connectivity index (χ2n) is 8.84. The van der Waals surface area contributed by atoms with Gasteiger partial charge in [0.15, 0.2) is 17.4 Å². The van der Waals surface area contributed by atoms with E-state index in [0.29, 0.717) is 23.0 Å². The molecule has 6 rings (SSSR count). The smallest absolute Gasteiger partial charge is 0.233 e. The Bertz CT molecular complexity index is 1500. The van der Waals surface area contributed by atoms with Gasteiger partial charge in [0.05, 0.1) is 10.6 Å². The first-order valence-corrected chi connectivity index (χ1v) is 12.5. The highest BCUT2D eigenvalue weighted by atomic mass is 32.1. The summed E-state index contributed by atoms with van der Waals surface area (Å²) in [5.74, 6) is 1.54. The number of aromatic amines is 2. The fourth-order valence-electron chi connectivity index (χ4n) is 4.26. The number of hydrogen-bond acceptors (Lipinski definition) is 8. The maximum atomic E-state index is 15.2. The molecular weight excluding hydrogens is 479 g/mol. The van der Waals surface area contributed by atoms with E-state index in [0.717, 1.165) is 48.0 Å². The molecule has 1 aliphatic rings. The van der Waals surface area contributed by atoms with E-state index in [4.69, 9.17) is 9.72 Å². The molecule has 0 aliphatic carbocycles. The SMILES string of the molecule is Cc1cc2c(F)c(Oc3cc(N4CCN(C)CC4)nc(Nc4cc(-c5cccs5)[nH]n4)n3)ccc2[nH]1. The molecule has 3 N–H and O–H groups in total. The van der Waals surface area contributed by atoms with E-state index in [1.54, 1.807) is 35.6 Å². The predicted octanol–water partition coefficient (Wildman–Crippen LogP) is 5.14. The zero-order valence-corrected chi connectivity index (χ0v) is 20.7. The number of benzene rings is 1. The topological polar surface area (TPSA) is 98.0 Å². The quantitative estimate of drug-likeness (QED) is 0.294. The molecule has 0 bridgehead atoms. The van der Waals surface area contributed by atoms with Crippen LogP contribution in [0.3, 0.4) is 0 Å². The minimum absolute atomic E-state index is 0.107. The highest BCUT2D eigenvalue weighted by Gasteiger charge is 2.20. The van der Waals surface area contributed by atoms with E-state index >= 15 is 4.39 Å². The summed E-state index contributed by atoms with van der Waals surface area (Å²) >= 11 is 1.63. The van der Waals surface area contributed by atoms with Crippen molar-refractivity contribution in [2.24, 2.45) is 0 Å². The molecular formula is C25H25FN8OS. The molecule has 0 atom stereocenters. The van der Waals surface area contributed by atoms with Crippen LogP contribution in [-0.2, 0) is 0 Å². The number of aryl methyl sites for hydroxylation is 1. The van der Waals surface area contributed by atoms with Crippen LogP contribution >= 0.6 is 11.3 Å². The Labute approximate surface area is 211 Å². The van der Waals surface area contributed by atoms with Gasteiger partial charge in [0.2, 0.25) is 11.8 Å². The average molecular weight is 505 g/mol. The first-order chi connectivity index (χ1) is 17.5. The monoisotopic (exact) mass is 504 g/mol. The molecule has 4 aromatic heterocycles. The van der Waals surface area contributed by atoms with Gasteiger partial charge in [-0.3, -0.25) is 5.10 Å². The van der Waals surface area contributed by atoms with E-state index in [9.17, 15) is 0 Å². The van der Waals surface area contributed by atoms with Crippen LogP contribution in [0.15, 0.2) is 47.8 Å². The molecule has 1 fully saturated rings. The number of likely N-dealkylation sites (N-methyl/N-ethyl adjacent to an activating group) is 1. The van der Waals surface area contributed by atoms with Crippen LogP contribution in [0.1, 0.15) is 5.69 Å². The third kappa shape index (κ3) is 4.50. The fraction of sp³-hybridized carbons (Fsp3) is 0.240. The van der Waals surface area contributed by atoms with E-state index < -0.39 is 5.82 Å². The van der Waals surface area contributed by atoms with Crippen LogP contribution in [0.5, 0.6) is 11.6 Å². The Kier molecular flexibility index (Phi) is 5.78. The summed E-state index contributed by atoms with van der Waals surface area (Å²) in [6.07, 6.45) is 0. The van der Waals surface area contributed by atoms with Gasteiger partial charge in [0.1, 0.15) is 5.82 Å². The lowest BCUT2D eigenvalue weighted by atomic mass is 10.2. The van der Waals surface area contributed by atoms with Gasteiger partial charge < -0.3 is 24.8 Å². The minimum Gasteiger partial charge on any atom is -0.436 e. The van der Waals surface area contributed by atoms with Gasteiger partial charge in [0, 0.05) is 54.9 Å². The van der Waals surface area contributed by atoms with Gasteiger partial charge in [0.25, 0.3) is 0 Å². The van der Waals surface area contributed by atoms with Crippen molar-refractivity contribution in [2.45, 2.75) is 6.92 Å². The maximum Gasteiger partial charge on any atom is 0.233 e. The van der Waals surface area contributed by atoms with Crippen molar-refractivity contribution in [1.29, 1.82) is 0 Å². The van der Waals surface area contributed by atoms with Crippen LogP contribution in [0.2, 0.25) is 0 Å². The van der Waals surface area contributed by atoms with Crippen molar-refractivity contribution in [3.8, 4) is 22.2 Å². The van der Waals surface area contributed by atoms with Crippen molar-refractivity contribution < 1.29 is 9.13 Å². The molecule has 0 spiro atoms. The Hall–Kier alpha value is -3.96. The number of piperazine rings is 1. The van der Waals surface area contributed by atoms with Crippen LogP contribution in [0, 0.1) is 12.7 Å². The number of rotatable bonds is 6. The highest BCUT2D eigenvalue weighted by Crippen LogP contribution is 2.32. The van der Waals surface area contributed by atoms with E-state index in [1.165, 1.54) is 0 Å². The van der Waals surface area contributed by atoms with E-state index in [1.807, 2.05) is 30.5 Å². The molecule has 11 heteroatoms. The number of anilines is 3. The number of halogens is 1. The molecule has 0 saturated carbocycles. The Morgan fingerprint density at radius 3 is 2.75 bits per heavy atom. The fourth-order valence-corrected chi connectivity index (χ4v) is 4.95. The number of H-pyrrole nitrogens is 2. The second kappa shape index (κ2) is 9.25. The summed E-state index contributed by atoms with van der Waals surface area (Å²) in [5.41, 5.74) is 2.50. The zero-order chi connectivity index (χ0) is 24.6. The van der Waals surface area contributed by atoms with Gasteiger partial charge >= 0.3 is 0 Å². The van der Waals surface area contributed by atoms with Crippen LogP contribution in [0.4, 0.5) is 22.0 Å². The number of hydrogen-bond donors (Lipinski definition) is 3. The Morgan fingerprint density at radius 2 is 1.94 bits per heavy atom. The third-order valence-electron chi connectivity index (χ3n) is 6.17. The second-order valence-corrected chi connectivity index (χ2v) is 9.79. The number of fused-ring (bicyclic) bond motifs is 1. The average Bonchev–Trinajstić information content (AvgIpc) is 3.62. The van der Waals surface area contributed by atoms with Gasteiger partial charge in [-0.25, -0.2) is 4.39 Å². The Morgan fingerprint density at radius 1 is 1.08 bits per heavy atom. The zero-order valence-electron chi connectivity index (χ0n) is 19.9. The molecule has 0 radical (unpaired) electrons. The van der Waals surface area contributed by atoms with Crippen LogP contribution < -0.4 is 15.0 Å². The van der Waals surface area contributed by atoms with Crippen molar-refractivity contribution in [2.75, 3.05) is 43.4 Å². The summed E-state index contributed by atoms with van der Waals surface area (Å²) < 4.78 is 21.2. The molecule has 1 aromatic carbocycles. The van der Waals surface area contributed by atoms with Crippen LogP contribution in [0.25, 0.3) is 21.5 Å². The number of nitrogens with one attached hydrogen (secondary N) is 3. The number of nitrogens with zero attached hydrogens (tertiary/aromatic N) is 5. The largest absolute Gasteiger partial charge is 0.436 e. The van der Waals surface area contributed by atoms with E-state index in [2.05, 4.69) is 42.3 Å². The minimum atomic E-state index is -0.431. The summed E-state index contributed by atoms with van der Waals surface area (Å²) in [4.78, 5) is 17.9. The molecule has 1 aliphatic heterocycles. The summed E-state index contributed by atoms with van der Waals surface area (Å²) in [7, 11) is 2.10. The van der Waals surface area contributed by atoms with Crippen LogP contribution in [-0.4, -0.2) is 63.3 Å². The van der Waals surface area contributed by atoms with Gasteiger partial charge in [-0.05, 0) is 43.6 Å². The maximum absolute atomic E-state index is 15.2. The molecule has 36 heavy (non-hydrogen) atoms. The lowest BCUT2D eigenvalue weighted by Crippen LogP contribution is -2.44. The first-order valence-electron chi connectivity index (χ1n) is 11.7. The first kappa shape index (κ1) is 22.5. The Balaban J connectivity index is 1.33. The van der Waals surface area contributed by atoms with E-state index in [-0.39, 0.29) is 11.6 Å². The lowest BCUT2D eigenvalue weighted by molar-refractivity contribution is 0.312. The van der Waals surface area contributed by atoms with Gasteiger partial charge in [-0.2, -0.15) is 15.1 Å². The predicted molar refractivity (Wildman–Crippen MR) is 140 cm³/mol. The summed E-state index contributed by atoms with van der Waals surface area (Å²) in [5, 5.41) is 13.1. The normalized spacial score (nSPS) is 14.5. The lowest BCUT2D eigenvalue weighted by Gasteiger charge is -2.33. The molecule has 9 nitrogen and oxygen atoms in total. The third-order valence-corrected chi connectivity index (χ3v) is 7.08. The number of thiophene rings is 1. The van der Waals surface area contributed by atoms with Gasteiger partial charge in [-0.1, -0.05) is 6.07 Å². The molecule has 184 valence electrons. The van der Waals surface area contributed by atoms with Crippen molar-refractivity contribution in [3.05, 3.63) is 59.4 Å². The van der Waals surface area contributed by atoms with Crippen molar-refractivity contribution in [3.63, 3.8) is 0 Å². The standard InChI is InChI=1S/C25H25FN8OS/c1-15-12-16-17(27-15)5-6-19(24(16)26)35-23-14-22(34-9-7-33(2)8-10-34)29-25(30-23)28-21-13-18(31-32-21)20-4-3-11-36-20/h3-6,11-14,27H,7-10H2,1-2H3,(H2,28,29,30,31,32). The number of ether oxygens (including phenoxy) is 1. The highest BCUT2D eigenvalue weighted by molar-refractivity contribution is 7.13. The number of aromatic nitrogens is 5. The molecule has 1 saturated heterocycles. The molecule has 0 amide bonds. The van der Waals surface area contributed by atoms with Crippen molar-refractivity contribution in [1.82, 2.24) is 30.0 Å². The molecule has 5 aromatic rings.